The molecule has 1 aromatic heterocycles. The zero-order valence-corrected chi connectivity index (χ0v) is 11.8. The Kier molecular flexibility index (Phi) is 2.79. The molecule has 106 valence electrons. The number of hydrogen-bond donors (Lipinski definition) is 0. The maximum absolute atomic E-state index is 12.9. The first-order valence-electron chi connectivity index (χ1n) is 7.65. The molecule has 0 saturated heterocycles. The highest BCUT2D eigenvalue weighted by atomic mass is 16.5. The van der Waals surface area contributed by atoms with Gasteiger partial charge < -0.3 is 4.74 Å². The number of carbonyl (C=O) groups excluding carboxylic acids is 1. The van der Waals surface area contributed by atoms with E-state index < -0.39 is 0 Å². The Balaban J connectivity index is 1.66. The summed E-state index contributed by atoms with van der Waals surface area (Å²) in [6, 6.07) is 0. The number of nitrogens with zero attached hydrogens (tertiary/aromatic N) is 2. The average Bonchev–Trinajstić information content (AvgIpc) is 2.46. The molecule has 1 heterocycles. The number of Topliss-reactive ketones (excluding diaryl/α,β-unsaturated/α-hetero) is 1. The summed E-state index contributed by atoms with van der Waals surface area (Å²) >= 11 is 0. The number of aromatic nitrogens is 2. The van der Waals surface area contributed by atoms with Crippen LogP contribution < -0.4 is 4.74 Å². The lowest BCUT2D eigenvalue weighted by atomic mass is 9.51. The van der Waals surface area contributed by atoms with Crippen LogP contribution in [0.4, 0.5) is 0 Å². The molecule has 4 fully saturated rings. The minimum atomic E-state index is 0.161. The van der Waals surface area contributed by atoms with Crippen LogP contribution in [0.1, 0.15) is 42.6 Å². The van der Waals surface area contributed by atoms with E-state index in [0.29, 0.717) is 23.4 Å². The van der Waals surface area contributed by atoms with Crippen LogP contribution in [0.2, 0.25) is 0 Å². The van der Waals surface area contributed by atoms with Gasteiger partial charge >= 0.3 is 0 Å². The van der Waals surface area contributed by atoms with Crippen molar-refractivity contribution in [2.24, 2.45) is 29.6 Å². The van der Waals surface area contributed by atoms with Crippen LogP contribution in [0.15, 0.2) is 12.4 Å². The van der Waals surface area contributed by atoms with E-state index in [1.807, 2.05) is 0 Å². The standard InChI is InChI=1S/C16H20N2O2/c1-20-16-14(17-2-3-18-16)15(19)13-11-5-9-4-10(7-11)8-12(13)6-9/h2-3,9-13H,4-8H2,1H3. The Labute approximate surface area is 119 Å². The Morgan fingerprint density at radius 2 is 1.65 bits per heavy atom. The van der Waals surface area contributed by atoms with Gasteiger partial charge in [-0.1, -0.05) is 0 Å². The van der Waals surface area contributed by atoms with E-state index in [0.717, 1.165) is 11.8 Å². The monoisotopic (exact) mass is 272 g/mol. The Hall–Kier alpha value is -1.45. The number of ketones is 1. The van der Waals surface area contributed by atoms with Gasteiger partial charge in [-0.25, -0.2) is 9.97 Å². The third-order valence-corrected chi connectivity index (χ3v) is 5.62. The summed E-state index contributed by atoms with van der Waals surface area (Å²) < 4.78 is 5.21. The normalized spacial score (nSPS) is 38.0. The molecule has 4 saturated carbocycles. The quantitative estimate of drug-likeness (QED) is 0.794. The second-order valence-electron chi connectivity index (χ2n) is 6.73. The topological polar surface area (TPSA) is 52.1 Å². The molecule has 4 nitrogen and oxygen atoms in total. The molecule has 0 unspecified atom stereocenters. The molecule has 0 aliphatic heterocycles. The summed E-state index contributed by atoms with van der Waals surface area (Å²) in [6.07, 6.45) is 9.54. The number of rotatable bonds is 3. The molecule has 4 heteroatoms. The van der Waals surface area contributed by atoms with Crippen LogP contribution >= 0.6 is 0 Å². The van der Waals surface area contributed by atoms with Crippen LogP contribution in [-0.2, 0) is 0 Å². The van der Waals surface area contributed by atoms with Crippen molar-refractivity contribution in [3.05, 3.63) is 18.1 Å². The van der Waals surface area contributed by atoms with Crippen molar-refractivity contribution in [1.29, 1.82) is 0 Å². The maximum atomic E-state index is 12.9. The molecule has 5 rings (SSSR count). The summed E-state index contributed by atoms with van der Waals surface area (Å²) in [5, 5.41) is 0. The predicted octanol–water partition coefficient (Wildman–Crippen LogP) is 2.74. The minimum absolute atomic E-state index is 0.161. The van der Waals surface area contributed by atoms with Crippen LogP contribution in [0.3, 0.4) is 0 Å². The van der Waals surface area contributed by atoms with E-state index in [1.165, 1.54) is 32.1 Å². The van der Waals surface area contributed by atoms with E-state index >= 15 is 0 Å². The summed E-state index contributed by atoms with van der Waals surface area (Å²) in [5.41, 5.74) is 0.437. The van der Waals surface area contributed by atoms with Gasteiger partial charge in [0.1, 0.15) is 0 Å². The van der Waals surface area contributed by atoms with Gasteiger partial charge in [-0.05, 0) is 55.8 Å². The number of methoxy groups -OCH3 is 1. The van der Waals surface area contributed by atoms with Crippen molar-refractivity contribution >= 4 is 5.78 Å². The predicted molar refractivity (Wildman–Crippen MR) is 73.4 cm³/mol. The smallest absolute Gasteiger partial charge is 0.243 e. The van der Waals surface area contributed by atoms with Gasteiger partial charge in [0.25, 0.3) is 0 Å². The van der Waals surface area contributed by atoms with Crippen molar-refractivity contribution in [2.45, 2.75) is 32.1 Å². The summed E-state index contributed by atoms with van der Waals surface area (Å²) in [4.78, 5) is 21.3. The third kappa shape index (κ3) is 1.77. The SMILES string of the molecule is COc1nccnc1C(=O)C1C2CC3CC(C2)CC1C3. The lowest BCUT2D eigenvalue weighted by Crippen LogP contribution is -2.48. The average molecular weight is 272 g/mol. The molecule has 1 aromatic rings. The van der Waals surface area contributed by atoms with Crippen LogP contribution in [0, 0.1) is 29.6 Å². The third-order valence-electron chi connectivity index (χ3n) is 5.62. The fourth-order valence-corrected chi connectivity index (χ4v) is 5.15. The molecule has 4 bridgehead atoms. The van der Waals surface area contributed by atoms with Crippen LogP contribution in [0.5, 0.6) is 5.88 Å². The van der Waals surface area contributed by atoms with Gasteiger partial charge in [0.05, 0.1) is 7.11 Å². The number of hydrogen-bond acceptors (Lipinski definition) is 4. The molecule has 20 heavy (non-hydrogen) atoms. The Morgan fingerprint density at radius 3 is 2.25 bits per heavy atom. The fourth-order valence-electron chi connectivity index (χ4n) is 5.15. The van der Waals surface area contributed by atoms with E-state index in [1.54, 1.807) is 19.5 Å². The second kappa shape index (κ2) is 4.54. The fraction of sp³-hybridized carbons (Fsp3) is 0.688. The van der Waals surface area contributed by atoms with Crippen molar-refractivity contribution < 1.29 is 9.53 Å². The van der Waals surface area contributed by atoms with Crippen LogP contribution in [0.25, 0.3) is 0 Å². The zero-order valence-electron chi connectivity index (χ0n) is 11.8. The molecule has 0 atom stereocenters. The van der Waals surface area contributed by atoms with E-state index in [9.17, 15) is 4.79 Å². The van der Waals surface area contributed by atoms with Crippen molar-refractivity contribution in [3.63, 3.8) is 0 Å². The highest BCUT2D eigenvalue weighted by Gasteiger charge is 2.51. The van der Waals surface area contributed by atoms with Crippen molar-refractivity contribution in [1.82, 2.24) is 9.97 Å². The van der Waals surface area contributed by atoms with Gasteiger partial charge in [-0.2, -0.15) is 0 Å². The summed E-state index contributed by atoms with van der Waals surface area (Å²) in [7, 11) is 1.55. The zero-order chi connectivity index (χ0) is 13.7. The Bertz CT molecular complexity index is 515. The van der Waals surface area contributed by atoms with E-state index in [-0.39, 0.29) is 11.7 Å². The lowest BCUT2D eigenvalue weighted by Gasteiger charge is -2.53. The van der Waals surface area contributed by atoms with Gasteiger partial charge in [-0.15, -0.1) is 0 Å². The first-order chi connectivity index (χ1) is 9.76. The van der Waals surface area contributed by atoms with Crippen LogP contribution in [-0.4, -0.2) is 22.9 Å². The first kappa shape index (κ1) is 12.3. The molecule has 0 radical (unpaired) electrons. The highest BCUT2D eigenvalue weighted by molar-refractivity contribution is 5.98. The molecule has 4 aliphatic rings. The summed E-state index contributed by atoms with van der Waals surface area (Å²) in [5.74, 6) is 3.62. The van der Waals surface area contributed by atoms with Crippen molar-refractivity contribution in [3.8, 4) is 5.88 Å². The largest absolute Gasteiger partial charge is 0.479 e. The number of ether oxygens (including phenoxy) is 1. The molecule has 0 spiro atoms. The lowest BCUT2D eigenvalue weighted by molar-refractivity contribution is -0.0254. The van der Waals surface area contributed by atoms with Crippen molar-refractivity contribution in [2.75, 3.05) is 7.11 Å². The minimum Gasteiger partial charge on any atom is -0.479 e. The molecule has 0 N–H and O–H groups in total. The van der Waals surface area contributed by atoms with Gasteiger partial charge in [0.2, 0.25) is 5.88 Å². The molecule has 0 aromatic carbocycles. The van der Waals surface area contributed by atoms with E-state index in [2.05, 4.69) is 9.97 Å². The van der Waals surface area contributed by atoms with Gasteiger partial charge in [0, 0.05) is 18.3 Å². The molecular weight excluding hydrogens is 252 g/mol. The molecular formula is C16H20N2O2. The molecule has 4 aliphatic carbocycles. The highest BCUT2D eigenvalue weighted by Crippen LogP contribution is 2.57. The Morgan fingerprint density at radius 1 is 1.05 bits per heavy atom. The van der Waals surface area contributed by atoms with E-state index in [4.69, 9.17) is 4.74 Å². The molecule has 0 amide bonds. The number of carbonyl (C=O) groups is 1. The second-order valence-corrected chi connectivity index (χ2v) is 6.73. The van der Waals surface area contributed by atoms with Gasteiger partial charge in [-0.3, -0.25) is 4.79 Å². The first-order valence-corrected chi connectivity index (χ1v) is 7.65. The van der Waals surface area contributed by atoms with Gasteiger partial charge in [0.15, 0.2) is 11.5 Å². The summed E-state index contributed by atoms with van der Waals surface area (Å²) in [6.45, 7) is 0. The maximum Gasteiger partial charge on any atom is 0.243 e.